The first kappa shape index (κ1) is 15.1. The van der Waals surface area contributed by atoms with Crippen molar-refractivity contribution in [3.8, 4) is 22.0 Å². The Morgan fingerprint density at radius 3 is 2.76 bits per heavy atom. The molecule has 0 bridgehead atoms. The van der Waals surface area contributed by atoms with Gasteiger partial charge in [-0.1, -0.05) is 0 Å². The molecular weight excluding hydrogens is 342 g/mol. The van der Waals surface area contributed by atoms with E-state index in [2.05, 4.69) is 25.6 Å². The number of tetrazole rings is 1. The summed E-state index contributed by atoms with van der Waals surface area (Å²) in [6.07, 6.45) is 5.02. The molecule has 124 valence electrons. The minimum absolute atomic E-state index is 0.258. The quantitative estimate of drug-likeness (QED) is 0.407. The van der Waals surface area contributed by atoms with Crippen LogP contribution in [0, 0.1) is 0 Å². The summed E-state index contributed by atoms with van der Waals surface area (Å²) in [6.45, 7) is 0. The van der Waals surface area contributed by atoms with Gasteiger partial charge >= 0.3 is 5.97 Å². The van der Waals surface area contributed by atoms with Crippen LogP contribution in [0.3, 0.4) is 0 Å². The third-order valence-electron chi connectivity index (χ3n) is 3.33. The number of benzene rings is 1. The van der Waals surface area contributed by atoms with Gasteiger partial charge in [0, 0.05) is 24.2 Å². The molecule has 0 atom stereocenters. The molecule has 0 N–H and O–H groups in total. The van der Waals surface area contributed by atoms with E-state index in [-0.39, 0.29) is 5.69 Å². The molecule has 0 saturated carbocycles. The van der Waals surface area contributed by atoms with Crippen LogP contribution in [0.15, 0.2) is 48.4 Å². The highest BCUT2D eigenvalue weighted by Crippen LogP contribution is 2.24. The maximum absolute atomic E-state index is 12.2. The minimum atomic E-state index is -0.512. The van der Waals surface area contributed by atoms with Crippen LogP contribution in [-0.4, -0.2) is 40.9 Å². The van der Waals surface area contributed by atoms with Gasteiger partial charge in [0.1, 0.15) is 17.1 Å². The molecule has 0 fully saturated rings. The second kappa shape index (κ2) is 6.24. The largest absolute Gasteiger partial charge is 0.422 e. The highest BCUT2D eigenvalue weighted by atomic mass is 32.1. The van der Waals surface area contributed by atoms with E-state index in [0.29, 0.717) is 10.8 Å². The number of aryl methyl sites for hydroxylation is 1. The number of hydrogen-bond acceptors (Lipinski definition) is 8. The van der Waals surface area contributed by atoms with Gasteiger partial charge in [-0.15, -0.1) is 16.4 Å². The number of nitrogens with zero attached hydrogens (tertiary/aromatic N) is 7. The summed E-state index contributed by atoms with van der Waals surface area (Å²) in [7, 11) is 1.82. The van der Waals surface area contributed by atoms with Crippen molar-refractivity contribution in [1.82, 2.24) is 35.0 Å². The Kier molecular flexibility index (Phi) is 3.78. The number of carbonyl (C=O) groups excluding carboxylic acids is 1. The lowest BCUT2D eigenvalue weighted by molar-refractivity contribution is 0.0729. The highest BCUT2D eigenvalue weighted by molar-refractivity contribution is 7.13. The van der Waals surface area contributed by atoms with Crippen molar-refractivity contribution in [1.29, 1.82) is 0 Å². The van der Waals surface area contributed by atoms with Gasteiger partial charge in [0.2, 0.25) is 0 Å². The van der Waals surface area contributed by atoms with Gasteiger partial charge < -0.3 is 4.74 Å². The van der Waals surface area contributed by atoms with E-state index >= 15 is 0 Å². The topological polar surface area (TPSA) is 101 Å². The summed E-state index contributed by atoms with van der Waals surface area (Å²) in [5, 5.41) is 17.4. The van der Waals surface area contributed by atoms with E-state index in [1.807, 2.05) is 13.2 Å². The van der Waals surface area contributed by atoms with Gasteiger partial charge in [-0.2, -0.15) is 5.10 Å². The molecule has 0 unspecified atom stereocenters. The Hall–Kier alpha value is -3.40. The lowest BCUT2D eigenvalue weighted by atomic mass is 10.3. The van der Waals surface area contributed by atoms with Crippen molar-refractivity contribution in [2.24, 2.45) is 7.05 Å². The van der Waals surface area contributed by atoms with E-state index in [1.165, 1.54) is 22.3 Å². The Morgan fingerprint density at radius 2 is 2.08 bits per heavy atom. The van der Waals surface area contributed by atoms with Crippen molar-refractivity contribution in [2.75, 3.05) is 0 Å². The lowest BCUT2D eigenvalue weighted by Gasteiger charge is -2.03. The number of rotatable bonds is 4. The Labute approximate surface area is 145 Å². The van der Waals surface area contributed by atoms with Crippen LogP contribution < -0.4 is 4.74 Å². The van der Waals surface area contributed by atoms with Crippen molar-refractivity contribution in [3.05, 3.63) is 54.1 Å². The molecule has 0 aliphatic rings. The summed E-state index contributed by atoms with van der Waals surface area (Å²) in [4.78, 5) is 16.5. The van der Waals surface area contributed by atoms with Gasteiger partial charge in [0.15, 0.2) is 5.69 Å². The van der Waals surface area contributed by atoms with Crippen LogP contribution in [0.2, 0.25) is 0 Å². The molecule has 0 amide bonds. The Bertz CT molecular complexity index is 1000. The summed E-state index contributed by atoms with van der Waals surface area (Å²) in [5.74, 6) is -0.0979. The molecule has 1 aromatic carbocycles. The van der Waals surface area contributed by atoms with Crippen molar-refractivity contribution in [3.63, 3.8) is 0 Å². The van der Waals surface area contributed by atoms with Crippen LogP contribution in [0.25, 0.3) is 16.3 Å². The van der Waals surface area contributed by atoms with E-state index in [0.717, 1.165) is 11.3 Å². The van der Waals surface area contributed by atoms with Crippen LogP contribution in [-0.2, 0) is 7.05 Å². The molecule has 3 heterocycles. The molecule has 4 aromatic rings. The zero-order valence-corrected chi connectivity index (χ0v) is 13.8. The standard InChI is InChI=1S/C15H11N7O2S/c1-21-7-10(6-17-21)14-18-13(8-25-14)15(23)24-12-4-2-11(3-5-12)22-9-16-19-20-22/h2-9H,1H3. The summed E-state index contributed by atoms with van der Waals surface area (Å²) in [6, 6.07) is 6.84. The number of aromatic nitrogens is 7. The molecule has 4 rings (SSSR count). The van der Waals surface area contributed by atoms with Crippen molar-refractivity contribution in [2.45, 2.75) is 0 Å². The molecule has 0 radical (unpaired) electrons. The van der Waals surface area contributed by atoms with Gasteiger partial charge in [-0.25, -0.2) is 14.5 Å². The zero-order valence-electron chi connectivity index (χ0n) is 13.0. The van der Waals surface area contributed by atoms with Gasteiger partial charge in [0.05, 0.1) is 11.9 Å². The molecule has 10 heteroatoms. The lowest BCUT2D eigenvalue weighted by Crippen LogP contribution is -2.09. The smallest absolute Gasteiger partial charge is 0.363 e. The monoisotopic (exact) mass is 353 g/mol. The van der Waals surface area contributed by atoms with Gasteiger partial charge in [-0.05, 0) is 34.7 Å². The fourth-order valence-corrected chi connectivity index (χ4v) is 2.90. The van der Waals surface area contributed by atoms with Gasteiger partial charge in [0.25, 0.3) is 0 Å². The molecule has 0 aliphatic carbocycles. The van der Waals surface area contributed by atoms with Crippen LogP contribution in [0.1, 0.15) is 10.5 Å². The average Bonchev–Trinajstić information content (AvgIpc) is 3.36. The van der Waals surface area contributed by atoms with Crippen LogP contribution in [0.5, 0.6) is 5.75 Å². The normalized spacial score (nSPS) is 10.8. The second-order valence-corrected chi connectivity index (χ2v) is 5.94. The first-order valence-electron chi connectivity index (χ1n) is 7.19. The summed E-state index contributed by atoms with van der Waals surface area (Å²) >= 11 is 1.36. The zero-order chi connectivity index (χ0) is 17.2. The number of thiazole rings is 1. The van der Waals surface area contributed by atoms with E-state index in [9.17, 15) is 4.79 Å². The SMILES string of the molecule is Cn1cc(-c2nc(C(=O)Oc3ccc(-n4cnnn4)cc3)cs2)cn1. The molecule has 3 aromatic heterocycles. The number of hydrogen-bond donors (Lipinski definition) is 0. The fourth-order valence-electron chi connectivity index (χ4n) is 2.14. The maximum Gasteiger partial charge on any atom is 0.363 e. The van der Waals surface area contributed by atoms with E-state index in [1.54, 1.807) is 40.5 Å². The van der Waals surface area contributed by atoms with Crippen molar-refractivity contribution < 1.29 is 9.53 Å². The third kappa shape index (κ3) is 3.15. The summed E-state index contributed by atoms with van der Waals surface area (Å²) < 4.78 is 8.54. The fraction of sp³-hybridized carbons (Fsp3) is 0.0667. The van der Waals surface area contributed by atoms with E-state index < -0.39 is 5.97 Å². The van der Waals surface area contributed by atoms with Crippen LogP contribution >= 0.6 is 11.3 Å². The third-order valence-corrected chi connectivity index (χ3v) is 4.22. The van der Waals surface area contributed by atoms with Crippen molar-refractivity contribution >= 4 is 17.3 Å². The highest BCUT2D eigenvalue weighted by Gasteiger charge is 2.15. The second-order valence-electron chi connectivity index (χ2n) is 5.08. The van der Waals surface area contributed by atoms with Crippen LogP contribution in [0.4, 0.5) is 0 Å². The number of esters is 1. The average molecular weight is 353 g/mol. The first-order valence-corrected chi connectivity index (χ1v) is 8.07. The van der Waals surface area contributed by atoms with E-state index in [4.69, 9.17) is 4.74 Å². The molecule has 9 nitrogen and oxygen atoms in total. The molecule has 0 spiro atoms. The maximum atomic E-state index is 12.2. The molecular formula is C15H11N7O2S. The predicted molar refractivity (Wildman–Crippen MR) is 88.4 cm³/mol. The van der Waals surface area contributed by atoms with Gasteiger partial charge in [-0.3, -0.25) is 4.68 Å². The Balaban J connectivity index is 1.48. The minimum Gasteiger partial charge on any atom is -0.422 e. The number of carbonyl (C=O) groups is 1. The molecule has 0 saturated heterocycles. The first-order chi connectivity index (χ1) is 12.2. The molecule has 25 heavy (non-hydrogen) atoms. The predicted octanol–water partition coefficient (Wildman–Crippen LogP) is 1.74. The number of ether oxygens (including phenoxy) is 1. The molecule has 0 aliphatic heterocycles. The Morgan fingerprint density at radius 1 is 1.24 bits per heavy atom. The summed E-state index contributed by atoms with van der Waals surface area (Å²) in [5.41, 5.74) is 1.88.